The maximum absolute atomic E-state index is 13.3. The Morgan fingerprint density at radius 2 is 2.27 bits per heavy atom. The molecule has 1 nitrogen and oxygen atoms in total. The Morgan fingerprint density at radius 3 is 3.00 bits per heavy atom. The first kappa shape index (κ1) is 10.6. The van der Waals surface area contributed by atoms with E-state index in [0.717, 1.165) is 24.1 Å². The zero-order valence-corrected chi connectivity index (χ0v) is 9.22. The van der Waals surface area contributed by atoms with Gasteiger partial charge in [0.2, 0.25) is 0 Å². The standard InChI is InChI=1S/C13H18FN/c1-10-11(5-4-7-13(10)14)9-12-6-2-3-8-15-12/h4-5,7,12,15H,2-3,6,8-9H2,1H3. The van der Waals surface area contributed by atoms with Crippen molar-refractivity contribution in [2.24, 2.45) is 0 Å². The molecule has 0 aliphatic carbocycles. The SMILES string of the molecule is Cc1c(F)cccc1CC1CCCCN1. The van der Waals surface area contributed by atoms with Crippen LogP contribution in [0.4, 0.5) is 4.39 Å². The second-order valence-electron chi connectivity index (χ2n) is 4.37. The highest BCUT2D eigenvalue weighted by molar-refractivity contribution is 5.28. The number of hydrogen-bond donors (Lipinski definition) is 1. The van der Waals surface area contributed by atoms with Gasteiger partial charge in [-0.15, -0.1) is 0 Å². The predicted molar refractivity (Wildman–Crippen MR) is 60.5 cm³/mol. The maximum atomic E-state index is 13.3. The topological polar surface area (TPSA) is 12.0 Å². The van der Waals surface area contributed by atoms with Gasteiger partial charge in [-0.25, -0.2) is 4.39 Å². The van der Waals surface area contributed by atoms with Crippen LogP contribution in [0.2, 0.25) is 0 Å². The first-order chi connectivity index (χ1) is 7.27. The molecule has 1 aliphatic rings. The van der Waals surface area contributed by atoms with Crippen LogP contribution >= 0.6 is 0 Å². The van der Waals surface area contributed by atoms with Gasteiger partial charge >= 0.3 is 0 Å². The highest BCUT2D eigenvalue weighted by Crippen LogP contribution is 2.17. The summed E-state index contributed by atoms with van der Waals surface area (Å²) in [7, 11) is 0. The second-order valence-corrected chi connectivity index (χ2v) is 4.37. The summed E-state index contributed by atoms with van der Waals surface area (Å²) in [6, 6.07) is 5.92. The fraction of sp³-hybridized carbons (Fsp3) is 0.538. The van der Waals surface area contributed by atoms with Crippen LogP contribution < -0.4 is 5.32 Å². The first-order valence-corrected chi connectivity index (χ1v) is 5.75. The minimum atomic E-state index is -0.0803. The summed E-state index contributed by atoms with van der Waals surface area (Å²) in [6.07, 6.45) is 4.75. The van der Waals surface area contributed by atoms with Crippen molar-refractivity contribution in [3.8, 4) is 0 Å². The molecule has 2 rings (SSSR count). The first-order valence-electron chi connectivity index (χ1n) is 5.75. The van der Waals surface area contributed by atoms with E-state index >= 15 is 0 Å². The van der Waals surface area contributed by atoms with Gasteiger partial charge in [-0.05, 0) is 49.9 Å². The molecule has 2 heteroatoms. The number of rotatable bonds is 2. The molecule has 1 aromatic carbocycles. The summed E-state index contributed by atoms with van der Waals surface area (Å²) in [5, 5.41) is 3.49. The highest BCUT2D eigenvalue weighted by atomic mass is 19.1. The van der Waals surface area contributed by atoms with Gasteiger partial charge in [0.1, 0.15) is 5.82 Å². The minimum absolute atomic E-state index is 0.0803. The molecule has 0 radical (unpaired) electrons. The molecule has 1 unspecified atom stereocenters. The van der Waals surface area contributed by atoms with Crippen molar-refractivity contribution >= 4 is 0 Å². The molecule has 0 amide bonds. The van der Waals surface area contributed by atoms with Crippen molar-refractivity contribution < 1.29 is 4.39 Å². The third-order valence-electron chi connectivity index (χ3n) is 3.26. The maximum Gasteiger partial charge on any atom is 0.126 e. The van der Waals surface area contributed by atoms with E-state index in [1.165, 1.54) is 25.3 Å². The molecule has 82 valence electrons. The van der Waals surface area contributed by atoms with Gasteiger partial charge in [0, 0.05) is 6.04 Å². The number of nitrogens with one attached hydrogen (secondary N) is 1. The molecule has 1 heterocycles. The largest absolute Gasteiger partial charge is 0.314 e. The van der Waals surface area contributed by atoms with Crippen molar-refractivity contribution in [1.82, 2.24) is 5.32 Å². The highest BCUT2D eigenvalue weighted by Gasteiger charge is 2.14. The summed E-state index contributed by atoms with van der Waals surface area (Å²) < 4.78 is 13.3. The summed E-state index contributed by atoms with van der Waals surface area (Å²) in [5.41, 5.74) is 1.96. The van der Waals surface area contributed by atoms with Gasteiger partial charge in [0.05, 0.1) is 0 Å². The average molecular weight is 207 g/mol. The van der Waals surface area contributed by atoms with Crippen molar-refractivity contribution in [2.45, 2.75) is 38.6 Å². The van der Waals surface area contributed by atoms with Crippen LogP contribution in [-0.4, -0.2) is 12.6 Å². The number of piperidine rings is 1. The van der Waals surface area contributed by atoms with Crippen molar-refractivity contribution in [1.29, 1.82) is 0 Å². The van der Waals surface area contributed by atoms with Crippen LogP contribution in [0.25, 0.3) is 0 Å². The fourth-order valence-electron chi connectivity index (χ4n) is 2.24. The average Bonchev–Trinajstić information content (AvgIpc) is 2.26. The molecule has 1 aromatic rings. The molecule has 0 saturated carbocycles. The van der Waals surface area contributed by atoms with Gasteiger partial charge in [0.15, 0.2) is 0 Å². The Bertz CT molecular complexity index is 329. The number of halogens is 1. The van der Waals surface area contributed by atoms with Crippen LogP contribution in [0.5, 0.6) is 0 Å². The molecule has 1 aliphatic heterocycles. The lowest BCUT2D eigenvalue weighted by atomic mass is 9.95. The van der Waals surface area contributed by atoms with Gasteiger partial charge in [-0.3, -0.25) is 0 Å². The third kappa shape index (κ3) is 2.57. The van der Waals surface area contributed by atoms with Crippen LogP contribution in [0.1, 0.15) is 30.4 Å². The molecular weight excluding hydrogens is 189 g/mol. The van der Waals surface area contributed by atoms with Crippen LogP contribution in [-0.2, 0) is 6.42 Å². The lowest BCUT2D eigenvalue weighted by Gasteiger charge is -2.24. The Balaban J connectivity index is 2.06. The zero-order chi connectivity index (χ0) is 10.7. The number of benzene rings is 1. The Morgan fingerprint density at radius 1 is 1.40 bits per heavy atom. The summed E-state index contributed by atoms with van der Waals surface area (Å²) in [4.78, 5) is 0. The second kappa shape index (κ2) is 4.75. The molecule has 1 saturated heterocycles. The third-order valence-corrected chi connectivity index (χ3v) is 3.26. The molecule has 0 spiro atoms. The van der Waals surface area contributed by atoms with Crippen LogP contribution in [0.3, 0.4) is 0 Å². The monoisotopic (exact) mass is 207 g/mol. The van der Waals surface area contributed by atoms with Gasteiger partial charge in [0.25, 0.3) is 0 Å². The van der Waals surface area contributed by atoms with E-state index in [2.05, 4.69) is 5.32 Å². The lowest BCUT2D eigenvalue weighted by molar-refractivity contribution is 0.398. The van der Waals surface area contributed by atoms with Crippen molar-refractivity contribution in [2.75, 3.05) is 6.54 Å². The predicted octanol–water partition coefficient (Wildman–Crippen LogP) is 2.82. The van der Waals surface area contributed by atoms with Gasteiger partial charge in [-0.1, -0.05) is 18.6 Å². The van der Waals surface area contributed by atoms with Crippen LogP contribution in [0.15, 0.2) is 18.2 Å². The fourth-order valence-corrected chi connectivity index (χ4v) is 2.24. The summed E-state index contributed by atoms with van der Waals surface area (Å²) in [6.45, 7) is 2.98. The molecule has 0 aromatic heterocycles. The van der Waals surface area contributed by atoms with E-state index in [4.69, 9.17) is 0 Å². The van der Waals surface area contributed by atoms with Gasteiger partial charge in [-0.2, -0.15) is 0 Å². The van der Waals surface area contributed by atoms with E-state index in [1.807, 2.05) is 13.0 Å². The Labute approximate surface area is 90.7 Å². The number of hydrogen-bond acceptors (Lipinski definition) is 1. The minimum Gasteiger partial charge on any atom is -0.314 e. The summed E-state index contributed by atoms with van der Waals surface area (Å²) in [5.74, 6) is -0.0803. The molecule has 15 heavy (non-hydrogen) atoms. The van der Waals surface area contributed by atoms with E-state index in [-0.39, 0.29) is 5.82 Å². The molecular formula is C13H18FN. The van der Waals surface area contributed by atoms with E-state index in [1.54, 1.807) is 6.07 Å². The Hall–Kier alpha value is -0.890. The normalized spacial score (nSPS) is 21.6. The van der Waals surface area contributed by atoms with Crippen molar-refractivity contribution in [3.63, 3.8) is 0 Å². The van der Waals surface area contributed by atoms with Crippen molar-refractivity contribution in [3.05, 3.63) is 35.1 Å². The lowest BCUT2D eigenvalue weighted by Crippen LogP contribution is -2.35. The van der Waals surface area contributed by atoms with E-state index in [0.29, 0.717) is 6.04 Å². The van der Waals surface area contributed by atoms with Crippen LogP contribution in [0, 0.1) is 12.7 Å². The Kier molecular flexibility index (Phi) is 3.37. The van der Waals surface area contributed by atoms with E-state index < -0.39 is 0 Å². The zero-order valence-electron chi connectivity index (χ0n) is 9.22. The smallest absolute Gasteiger partial charge is 0.126 e. The molecule has 0 bridgehead atoms. The molecule has 1 N–H and O–H groups in total. The summed E-state index contributed by atoms with van der Waals surface area (Å²) >= 11 is 0. The molecule has 1 fully saturated rings. The molecule has 1 atom stereocenters. The van der Waals surface area contributed by atoms with Gasteiger partial charge < -0.3 is 5.32 Å². The quantitative estimate of drug-likeness (QED) is 0.786. The van der Waals surface area contributed by atoms with E-state index in [9.17, 15) is 4.39 Å².